The van der Waals surface area contributed by atoms with Crippen molar-refractivity contribution in [3.8, 4) is 17.2 Å². The quantitative estimate of drug-likeness (QED) is 0.165. The first-order valence-electron chi connectivity index (χ1n) is 10.9. The maximum Gasteiger partial charge on any atom is 0.266 e. The lowest BCUT2D eigenvalue weighted by Gasteiger charge is -2.13. The molecule has 0 saturated carbocycles. The zero-order chi connectivity index (χ0) is 24.6. The molecule has 0 radical (unpaired) electrons. The third kappa shape index (κ3) is 5.88. The number of aromatic nitrogens is 2. The summed E-state index contributed by atoms with van der Waals surface area (Å²) in [5, 5.41) is 4.92. The van der Waals surface area contributed by atoms with Crippen molar-refractivity contribution >= 4 is 34.8 Å². The first-order valence-corrected chi connectivity index (χ1v) is 11.9. The molecule has 0 saturated heterocycles. The molecule has 3 aromatic carbocycles. The molecule has 1 N–H and O–H groups in total. The second kappa shape index (κ2) is 11.3. The lowest BCUT2D eigenvalue weighted by atomic mass is 10.2. The van der Waals surface area contributed by atoms with Crippen LogP contribution in [0.25, 0.3) is 16.6 Å². The fraction of sp³-hybridized carbons (Fsp3) is 0.154. The zero-order valence-corrected chi connectivity index (χ0v) is 20.1. The molecule has 1 amide bonds. The molecule has 4 rings (SSSR count). The third-order valence-corrected chi connectivity index (χ3v) is 5.94. The zero-order valence-electron chi connectivity index (χ0n) is 19.3. The first-order chi connectivity index (χ1) is 17.1. The molecular weight excluding hydrogens is 464 g/mol. The average molecular weight is 489 g/mol. The predicted octanol–water partition coefficient (Wildman–Crippen LogP) is 4.04. The van der Waals surface area contributed by atoms with Crippen molar-refractivity contribution < 1.29 is 14.3 Å². The molecule has 0 aliphatic rings. The van der Waals surface area contributed by atoms with Gasteiger partial charge in [0.25, 0.3) is 11.5 Å². The van der Waals surface area contributed by atoms with E-state index in [2.05, 4.69) is 15.5 Å². The van der Waals surface area contributed by atoms with Gasteiger partial charge in [-0.15, -0.1) is 0 Å². The van der Waals surface area contributed by atoms with Crippen molar-refractivity contribution in [1.29, 1.82) is 0 Å². The van der Waals surface area contributed by atoms with Crippen LogP contribution in [0.4, 0.5) is 0 Å². The van der Waals surface area contributed by atoms with E-state index >= 15 is 0 Å². The Kier molecular flexibility index (Phi) is 7.79. The molecular formula is C26H24N4O4S. The van der Waals surface area contributed by atoms with Crippen LogP contribution in [0.3, 0.4) is 0 Å². The van der Waals surface area contributed by atoms with E-state index in [9.17, 15) is 9.59 Å². The van der Waals surface area contributed by atoms with E-state index in [4.69, 9.17) is 9.47 Å². The molecule has 0 unspecified atom stereocenters. The topological polar surface area (TPSA) is 94.8 Å². The number of hydrogen-bond acceptors (Lipinski definition) is 7. The van der Waals surface area contributed by atoms with Crippen LogP contribution in [0, 0.1) is 0 Å². The number of nitrogens with one attached hydrogen (secondary N) is 1. The van der Waals surface area contributed by atoms with Crippen LogP contribution in [0.1, 0.15) is 12.5 Å². The number of para-hydroxylation sites is 1. The van der Waals surface area contributed by atoms with Gasteiger partial charge in [0.15, 0.2) is 5.16 Å². The highest BCUT2D eigenvalue weighted by Crippen LogP contribution is 2.22. The number of nitrogens with zero attached hydrogens (tertiary/aromatic N) is 3. The minimum absolute atomic E-state index is 0.0293. The summed E-state index contributed by atoms with van der Waals surface area (Å²) in [6.07, 6.45) is 1.56. The van der Waals surface area contributed by atoms with Gasteiger partial charge in [-0.25, -0.2) is 10.4 Å². The molecule has 178 valence electrons. The number of fused-ring (bicyclic) bond motifs is 1. The van der Waals surface area contributed by atoms with Crippen LogP contribution in [-0.2, 0) is 4.79 Å². The lowest BCUT2D eigenvalue weighted by molar-refractivity contribution is -0.118. The monoisotopic (exact) mass is 488 g/mol. The Morgan fingerprint density at radius 3 is 2.49 bits per heavy atom. The minimum Gasteiger partial charge on any atom is -0.497 e. The fourth-order valence-corrected chi connectivity index (χ4v) is 4.13. The van der Waals surface area contributed by atoms with Crippen LogP contribution in [-0.4, -0.2) is 41.1 Å². The molecule has 0 atom stereocenters. The summed E-state index contributed by atoms with van der Waals surface area (Å²) in [4.78, 5) is 30.4. The largest absolute Gasteiger partial charge is 0.497 e. The van der Waals surface area contributed by atoms with Gasteiger partial charge in [0.05, 0.1) is 42.3 Å². The molecule has 1 heterocycles. The SMILES string of the molecule is CCOc1ccc(/C=N\NC(=O)CSc2nc3ccccc3c(=O)n2-c2ccc(OC)cc2)cc1. The summed E-state index contributed by atoms with van der Waals surface area (Å²) in [5.41, 5.74) is 4.33. The van der Waals surface area contributed by atoms with E-state index in [0.717, 1.165) is 23.1 Å². The molecule has 35 heavy (non-hydrogen) atoms. The average Bonchev–Trinajstić information content (AvgIpc) is 2.89. The van der Waals surface area contributed by atoms with Gasteiger partial charge < -0.3 is 9.47 Å². The highest BCUT2D eigenvalue weighted by molar-refractivity contribution is 7.99. The molecule has 9 heteroatoms. The highest BCUT2D eigenvalue weighted by atomic mass is 32.2. The van der Waals surface area contributed by atoms with E-state index in [0.29, 0.717) is 34.1 Å². The second-order valence-corrected chi connectivity index (χ2v) is 8.28. The summed E-state index contributed by atoms with van der Waals surface area (Å²) in [5.74, 6) is 1.16. The number of rotatable bonds is 9. The maximum absolute atomic E-state index is 13.3. The summed E-state index contributed by atoms with van der Waals surface area (Å²) >= 11 is 1.16. The van der Waals surface area contributed by atoms with Gasteiger partial charge in [-0.3, -0.25) is 14.2 Å². The van der Waals surface area contributed by atoms with Crippen molar-refractivity contribution in [2.75, 3.05) is 19.5 Å². The third-order valence-electron chi connectivity index (χ3n) is 5.00. The maximum atomic E-state index is 13.3. The Bertz CT molecular complexity index is 1400. The number of hydrazone groups is 1. The van der Waals surface area contributed by atoms with E-state index in [-0.39, 0.29) is 17.2 Å². The molecule has 0 aliphatic heterocycles. The van der Waals surface area contributed by atoms with Crippen LogP contribution in [0.5, 0.6) is 11.5 Å². The van der Waals surface area contributed by atoms with Crippen molar-refractivity contribution in [3.05, 3.63) is 88.7 Å². The number of carbonyl (C=O) groups excluding carboxylic acids is 1. The normalized spacial score (nSPS) is 11.0. The van der Waals surface area contributed by atoms with Crippen molar-refractivity contribution in [2.45, 2.75) is 12.1 Å². The van der Waals surface area contributed by atoms with E-state index < -0.39 is 0 Å². The molecule has 0 spiro atoms. The summed E-state index contributed by atoms with van der Waals surface area (Å²) in [6, 6.07) is 21.6. The van der Waals surface area contributed by atoms with Gasteiger partial charge in [0.2, 0.25) is 0 Å². The van der Waals surface area contributed by atoms with Gasteiger partial charge in [0.1, 0.15) is 11.5 Å². The van der Waals surface area contributed by atoms with Gasteiger partial charge in [0, 0.05) is 0 Å². The summed E-state index contributed by atoms with van der Waals surface area (Å²) < 4.78 is 12.1. The first kappa shape index (κ1) is 24.0. The summed E-state index contributed by atoms with van der Waals surface area (Å²) in [7, 11) is 1.58. The summed E-state index contributed by atoms with van der Waals surface area (Å²) in [6.45, 7) is 2.52. The number of benzene rings is 3. The molecule has 0 aliphatic carbocycles. The molecule has 1 aromatic heterocycles. The number of thioether (sulfide) groups is 1. The van der Waals surface area contributed by atoms with Gasteiger partial charge in [-0.1, -0.05) is 23.9 Å². The van der Waals surface area contributed by atoms with Gasteiger partial charge in [-0.2, -0.15) is 5.10 Å². The minimum atomic E-state index is -0.319. The number of amides is 1. The Morgan fingerprint density at radius 2 is 1.77 bits per heavy atom. The number of hydrogen-bond donors (Lipinski definition) is 1. The molecule has 8 nitrogen and oxygen atoms in total. The molecule has 0 bridgehead atoms. The van der Waals surface area contributed by atoms with E-state index in [1.807, 2.05) is 37.3 Å². The Labute approximate surface area is 206 Å². The Hall–Kier alpha value is -4.11. The number of ether oxygens (including phenoxy) is 2. The lowest BCUT2D eigenvalue weighted by Crippen LogP contribution is -2.24. The van der Waals surface area contributed by atoms with Crippen molar-refractivity contribution in [2.24, 2.45) is 5.10 Å². The molecule has 4 aromatic rings. The standard InChI is InChI=1S/C26H24N4O4S/c1-3-34-21-12-8-18(9-13-21)16-27-29-24(31)17-35-26-28-23-7-5-4-6-22(23)25(32)30(26)19-10-14-20(33-2)15-11-19/h4-16H,3,17H2,1-2H3,(H,29,31)/b27-16-. The Morgan fingerprint density at radius 1 is 1.06 bits per heavy atom. The molecule has 0 fully saturated rings. The van der Waals surface area contributed by atoms with Crippen molar-refractivity contribution in [1.82, 2.24) is 15.0 Å². The van der Waals surface area contributed by atoms with Crippen LogP contribution >= 0.6 is 11.8 Å². The van der Waals surface area contributed by atoms with Crippen LogP contribution in [0.15, 0.2) is 87.8 Å². The second-order valence-electron chi connectivity index (χ2n) is 7.33. The van der Waals surface area contributed by atoms with Gasteiger partial charge >= 0.3 is 0 Å². The smallest absolute Gasteiger partial charge is 0.266 e. The van der Waals surface area contributed by atoms with E-state index in [1.165, 1.54) is 4.57 Å². The Balaban J connectivity index is 1.50. The van der Waals surface area contributed by atoms with Gasteiger partial charge in [-0.05, 0) is 73.2 Å². The van der Waals surface area contributed by atoms with Crippen LogP contribution in [0.2, 0.25) is 0 Å². The van der Waals surface area contributed by atoms with Crippen LogP contribution < -0.4 is 20.5 Å². The fourth-order valence-electron chi connectivity index (χ4n) is 3.33. The number of methoxy groups -OCH3 is 1. The highest BCUT2D eigenvalue weighted by Gasteiger charge is 2.15. The number of carbonyl (C=O) groups is 1. The predicted molar refractivity (Wildman–Crippen MR) is 138 cm³/mol. The van der Waals surface area contributed by atoms with E-state index in [1.54, 1.807) is 55.8 Å². The van der Waals surface area contributed by atoms with Crippen molar-refractivity contribution in [3.63, 3.8) is 0 Å².